The summed E-state index contributed by atoms with van der Waals surface area (Å²) in [4.78, 5) is 21.9. The van der Waals surface area contributed by atoms with Crippen LogP contribution in [0, 0.1) is 0 Å². The zero-order valence-electron chi connectivity index (χ0n) is 7.21. The highest BCUT2D eigenvalue weighted by Gasteiger charge is 2.22. The molecule has 0 spiro atoms. The fraction of sp³-hybridized carbons (Fsp3) is 0.714. The predicted molar refractivity (Wildman–Crippen MR) is 50.5 cm³/mol. The van der Waals surface area contributed by atoms with Crippen molar-refractivity contribution in [2.24, 2.45) is 5.73 Å². The largest absolute Gasteiger partial charge is 0.322 e. The first-order valence-corrected chi connectivity index (χ1v) is 4.01. The normalized spacial score (nSPS) is 20.5. The van der Waals surface area contributed by atoms with Crippen molar-refractivity contribution in [2.45, 2.75) is 18.9 Å². The van der Waals surface area contributed by atoms with E-state index in [-0.39, 0.29) is 30.9 Å². The Morgan fingerprint density at radius 2 is 2.23 bits per heavy atom. The Balaban J connectivity index is 0.00000144. The summed E-state index contributed by atoms with van der Waals surface area (Å²) in [5.41, 5.74) is 5.03. The van der Waals surface area contributed by atoms with E-state index in [1.165, 1.54) is 0 Å². The van der Waals surface area contributed by atoms with E-state index in [1.807, 2.05) is 0 Å². The van der Waals surface area contributed by atoms with Gasteiger partial charge in [0.15, 0.2) is 0 Å². The van der Waals surface area contributed by atoms with E-state index in [4.69, 9.17) is 5.73 Å². The number of carbonyl (C=O) groups is 2. The lowest BCUT2D eigenvalue weighted by Crippen LogP contribution is -2.45. The van der Waals surface area contributed by atoms with Crippen molar-refractivity contribution in [2.75, 3.05) is 13.1 Å². The number of halogens is 1. The van der Waals surface area contributed by atoms with Crippen LogP contribution >= 0.6 is 12.4 Å². The van der Waals surface area contributed by atoms with Crippen molar-refractivity contribution < 1.29 is 9.59 Å². The molecule has 0 aromatic heterocycles. The summed E-state index contributed by atoms with van der Waals surface area (Å²) >= 11 is 0. The minimum Gasteiger partial charge on any atom is -0.322 e. The number of hydrogen-bond donors (Lipinski definition) is 3. The number of carbonyl (C=O) groups excluding carboxylic acids is 2. The number of nitrogens with one attached hydrogen (secondary N) is 2. The third kappa shape index (κ3) is 3.71. The van der Waals surface area contributed by atoms with Crippen molar-refractivity contribution in [1.29, 1.82) is 0 Å². The van der Waals surface area contributed by atoms with Gasteiger partial charge in [0.2, 0.25) is 11.8 Å². The van der Waals surface area contributed by atoms with Crippen LogP contribution in [0.25, 0.3) is 0 Å². The third-order valence-corrected chi connectivity index (χ3v) is 1.82. The van der Waals surface area contributed by atoms with E-state index in [0.29, 0.717) is 0 Å². The van der Waals surface area contributed by atoms with Crippen LogP contribution in [-0.2, 0) is 9.59 Å². The summed E-state index contributed by atoms with van der Waals surface area (Å²) in [5.74, 6) is -0.684. The van der Waals surface area contributed by atoms with Crippen LogP contribution in [0.1, 0.15) is 12.8 Å². The fourth-order valence-electron chi connectivity index (χ4n) is 1.18. The van der Waals surface area contributed by atoms with Gasteiger partial charge in [-0.1, -0.05) is 0 Å². The number of hydrogen-bond acceptors (Lipinski definition) is 4. The summed E-state index contributed by atoms with van der Waals surface area (Å²) in [6.07, 6.45) is 1.78. The molecular weight excluding hydrogens is 194 g/mol. The summed E-state index contributed by atoms with van der Waals surface area (Å²) in [6.45, 7) is 0.702. The second-order valence-corrected chi connectivity index (χ2v) is 2.77. The van der Waals surface area contributed by atoms with Crippen LogP contribution in [0.2, 0.25) is 0 Å². The number of nitrogens with two attached hydrogens (primary N) is 1. The third-order valence-electron chi connectivity index (χ3n) is 1.82. The van der Waals surface area contributed by atoms with Crippen LogP contribution in [-0.4, -0.2) is 30.9 Å². The first-order chi connectivity index (χ1) is 5.74. The monoisotopic (exact) mass is 207 g/mol. The maximum Gasteiger partial charge on any atom is 0.243 e. The molecule has 6 heteroatoms. The Morgan fingerprint density at radius 1 is 1.54 bits per heavy atom. The van der Waals surface area contributed by atoms with Gasteiger partial charge < -0.3 is 11.1 Å². The second-order valence-electron chi connectivity index (χ2n) is 2.77. The van der Waals surface area contributed by atoms with Crippen molar-refractivity contribution in [1.82, 2.24) is 10.6 Å². The standard InChI is InChI=1S/C7H13N3O2.ClH/c8-4-6(11)10-7(12)5-2-1-3-9-5;/h5,9H,1-4,8H2,(H,10,11,12);1H. The molecule has 1 saturated heterocycles. The molecule has 0 aliphatic carbocycles. The first-order valence-electron chi connectivity index (χ1n) is 4.01. The predicted octanol–water partition coefficient (Wildman–Crippen LogP) is -1.24. The maximum absolute atomic E-state index is 11.2. The van der Waals surface area contributed by atoms with Crippen molar-refractivity contribution in [3.05, 3.63) is 0 Å². The van der Waals surface area contributed by atoms with Crippen LogP contribution in [0.5, 0.6) is 0 Å². The molecule has 0 aromatic rings. The average molecular weight is 208 g/mol. The zero-order valence-corrected chi connectivity index (χ0v) is 8.02. The molecule has 0 saturated carbocycles. The van der Waals surface area contributed by atoms with Gasteiger partial charge in [0.25, 0.3) is 0 Å². The Bertz CT molecular complexity index is 192. The topological polar surface area (TPSA) is 84.2 Å². The minimum absolute atomic E-state index is 0. The molecule has 5 nitrogen and oxygen atoms in total. The molecule has 1 atom stereocenters. The van der Waals surface area contributed by atoms with Gasteiger partial charge in [0, 0.05) is 0 Å². The average Bonchev–Trinajstić information content (AvgIpc) is 2.56. The van der Waals surface area contributed by atoms with E-state index in [0.717, 1.165) is 19.4 Å². The van der Waals surface area contributed by atoms with Crippen LogP contribution in [0.3, 0.4) is 0 Å². The molecule has 76 valence electrons. The lowest BCUT2D eigenvalue weighted by atomic mass is 10.2. The summed E-state index contributed by atoms with van der Waals surface area (Å²) in [5, 5.41) is 5.19. The first kappa shape index (κ1) is 12.3. The Labute approximate surface area is 82.8 Å². The highest BCUT2D eigenvalue weighted by molar-refractivity contribution is 5.98. The molecule has 0 bridgehead atoms. The molecular formula is C7H14ClN3O2. The van der Waals surface area contributed by atoms with E-state index >= 15 is 0 Å². The molecule has 2 amide bonds. The van der Waals surface area contributed by atoms with Crippen molar-refractivity contribution in [3.63, 3.8) is 0 Å². The molecule has 1 aliphatic rings. The molecule has 4 N–H and O–H groups in total. The number of imide groups is 1. The highest BCUT2D eigenvalue weighted by atomic mass is 35.5. The molecule has 0 radical (unpaired) electrons. The van der Waals surface area contributed by atoms with Gasteiger partial charge in [0.05, 0.1) is 12.6 Å². The van der Waals surface area contributed by atoms with Gasteiger partial charge in [-0.15, -0.1) is 12.4 Å². The molecule has 1 heterocycles. The summed E-state index contributed by atoms with van der Waals surface area (Å²) in [7, 11) is 0. The molecule has 1 fully saturated rings. The van der Waals surface area contributed by atoms with Gasteiger partial charge in [-0.3, -0.25) is 14.9 Å². The molecule has 1 rings (SSSR count). The molecule has 1 unspecified atom stereocenters. The SMILES string of the molecule is Cl.NCC(=O)NC(=O)C1CCCN1. The quantitative estimate of drug-likeness (QED) is 0.529. The van der Waals surface area contributed by atoms with E-state index in [2.05, 4.69) is 10.6 Å². The van der Waals surface area contributed by atoms with Gasteiger partial charge in [-0.2, -0.15) is 0 Å². The maximum atomic E-state index is 11.2. The molecule has 0 aromatic carbocycles. The lowest BCUT2D eigenvalue weighted by Gasteiger charge is -2.08. The highest BCUT2D eigenvalue weighted by Crippen LogP contribution is 2.03. The number of rotatable bonds is 2. The lowest BCUT2D eigenvalue weighted by molar-refractivity contribution is -0.130. The number of amides is 2. The van der Waals surface area contributed by atoms with Crippen LogP contribution in [0.15, 0.2) is 0 Å². The Kier molecular flexibility index (Phi) is 5.61. The van der Waals surface area contributed by atoms with Crippen molar-refractivity contribution in [3.8, 4) is 0 Å². The summed E-state index contributed by atoms with van der Waals surface area (Å²) in [6, 6.07) is -0.208. The van der Waals surface area contributed by atoms with E-state index < -0.39 is 5.91 Å². The van der Waals surface area contributed by atoms with Gasteiger partial charge in [-0.05, 0) is 19.4 Å². The smallest absolute Gasteiger partial charge is 0.243 e. The van der Waals surface area contributed by atoms with Gasteiger partial charge in [0.1, 0.15) is 0 Å². The van der Waals surface area contributed by atoms with E-state index in [9.17, 15) is 9.59 Å². The molecule has 13 heavy (non-hydrogen) atoms. The molecule has 1 aliphatic heterocycles. The zero-order chi connectivity index (χ0) is 8.97. The van der Waals surface area contributed by atoms with Gasteiger partial charge >= 0.3 is 0 Å². The van der Waals surface area contributed by atoms with Gasteiger partial charge in [-0.25, -0.2) is 0 Å². The fourth-order valence-corrected chi connectivity index (χ4v) is 1.18. The van der Waals surface area contributed by atoms with Crippen LogP contribution in [0.4, 0.5) is 0 Å². The summed E-state index contributed by atoms with van der Waals surface area (Å²) < 4.78 is 0. The van der Waals surface area contributed by atoms with E-state index in [1.54, 1.807) is 0 Å². The Hall–Kier alpha value is -0.650. The Morgan fingerprint density at radius 3 is 2.69 bits per heavy atom. The van der Waals surface area contributed by atoms with Crippen LogP contribution < -0.4 is 16.4 Å². The van der Waals surface area contributed by atoms with Crippen molar-refractivity contribution >= 4 is 24.2 Å². The minimum atomic E-state index is -0.422. The second kappa shape index (κ2) is 5.90.